The Kier molecular flexibility index (Phi) is 3.30. The first-order chi connectivity index (χ1) is 6.44. The first-order valence-electron chi connectivity index (χ1n) is 3.93. The molecule has 1 aromatic rings. The van der Waals surface area contributed by atoms with Crippen molar-refractivity contribution in [2.75, 3.05) is 5.65 Å². The fourth-order valence-corrected chi connectivity index (χ4v) is 1.68. The number of thioether (sulfide) groups is 1. The van der Waals surface area contributed by atoms with Crippen LogP contribution in [0.4, 0.5) is 12.9 Å². The number of hydrogen-bond donors (Lipinski definition) is 1. The Morgan fingerprint density at radius 1 is 1.57 bits per heavy atom. The second kappa shape index (κ2) is 4.12. The molecule has 1 aromatic heterocycles. The number of aromatic nitrogens is 3. The zero-order valence-electron chi connectivity index (χ0n) is 7.34. The van der Waals surface area contributed by atoms with Crippen LogP contribution in [-0.2, 0) is 6.54 Å². The highest BCUT2D eigenvalue weighted by molar-refractivity contribution is 8.00. The Morgan fingerprint density at radius 2 is 2.21 bits per heavy atom. The fourth-order valence-electron chi connectivity index (χ4n) is 0.861. The highest BCUT2D eigenvalue weighted by Gasteiger charge is 2.24. The van der Waals surface area contributed by atoms with E-state index in [1.165, 1.54) is 0 Å². The molecule has 0 fully saturated rings. The van der Waals surface area contributed by atoms with Gasteiger partial charge >= 0.3 is 12.7 Å². The molecule has 80 valence electrons. The van der Waals surface area contributed by atoms with Crippen LogP contribution in [0.2, 0.25) is 0 Å². The number of nitrogens with one attached hydrogen (secondary N) is 1. The van der Waals surface area contributed by atoms with Crippen molar-refractivity contribution in [2.45, 2.75) is 18.6 Å². The Labute approximate surface area is 81.9 Å². The summed E-state index contributed by atoms with van der Waals surface area (Å²) in [4.78, 5) is 11.0. The summed E-state index contributed by atoms with van der Waals surface area (Å²) in [5.74, 6) is 0. The first kappa shape index (κ1) is 11.2. The van der Waals surface area contributed by atoms with E-state index in [1.54, 1.807) is 6.92 Å². The van der Waals surface area contributed by atoms with E-state index in [2.05, 4.69) is 10.2 Å². The summed E-state index contributed by atoms with van der Waals surface area (Å²) in [6.07, 6.45) is 0. The van der Waals surface area contributed by atoms with Crippen molar-refractivity contribution < 1.29 is 12.9 Å². The molecule has 0 spiro atoms. The average molecular weight is 226 g/mol. The lowest BCUT2D eigenvalue weighted by molar-refractivity contribution is 0.485. The van der Waals surface area contributed by atoms with Crippen molar-refractivity contribution in [1.29, 1.82) is 0 Å². The van der Waals surface area contributed by atoms with Crippen molar-refractivity contribution in [2.24, 2.45) is 0 Å². The van der Waals surface area contributed by atoms with Crippen LogP contribution >= 0.6 is 11.8 Å². The molecular formula is C5H8BF3N3OS-. The molecule has 0 atom stereocenters. The summed E-state index contributed by atoms with van der Waals surface area (Å²) in [5.41, 5.74) is -1.46. The van der Waals surface area contributed by atoms with Crippen molar-refractivity contribution in [3.8, 4) is 0 Å². The molecule has 4 nitrogen and oxygen atoms in total. The van der Waals surface area contributed by atoms with Crippen LogP contribution in [0.15, 0.2) is 9.95 Å². The SMILES string of the molecule is CCn1c(SC[B-](F)(F)F)n[nH]c1=O. The van der Waals surface area contributed by atoms with E-state index in [0.29, 0.717) is 18.3 Å². The summed E-state index contributed by atoms with van der Waals surface area (Å²) in [6.45, 7) is -2.87. The number of halogens is 3. The lowest BCUT2D eigenvalue weighted by Gasteiger charge is -2.11. The van der Waals surface area contributed by atoms with Gasteiger partial charge < -0.3 is 12.9 Å². The van der Waals surface area contributed by atoms with Gasteiger partial charge in [-0.2, -0.15) is 0 Å². The monoisotopic (exact) mass is 226 g/mol. The molecule has 0 bridgehead atoms. The molecule has 9 heteroatoms. The van der Waals surface area contributed by atoms with E-state index in [9.17, 15) is 17.7 Å². The summed E-state index contributed by atoms with van der Waals surface area (Å²) < 4.78 is 36.9. The topological polar surface area (TPSA) is 50.7 Å². The van der Waals surface area contributed by atoms with Gasteiger partial charge in [0, 0.05) is 6.54 Å². The van der Waals surface area contributed by atoms with Gasteiger partial charge in [-0.3, -0.25) is 4.57 Å². The zero-order valence-corrected chi connectivity index (χ0v) is 8.15. The second-order valence-corrected chi connectivity index (χ2v) is 3.56. The normalized spacial score (nSPS) is 12.0. The largest absolute Gasteiger partial charge is 0.488 e. The van der Waals surface area contributed by atoms with E-state index in [0.717, 1.165) is 4.57 Å². The van der Waals surface area contributed by atoms with Crippen LogP contribution in [0, 0.1) is 0 Å². The Bertz CT molecular complexity index is 360. The van der Waals surface area contributed by atoms with Gasteiger partial charge in [-0.25, -0.2) is 9.89 Å². The molecule has 0 aliphatic rings. The van der Waals surface area contributed by atoms with Gasteiger partial charge in [-0.15, -0.1) is 16.9 Å². The van der Waals surface area contributed by atoms with Crippen LogP contribution in [0.1, 0.15) is 6.92 Å². The molecule has 0 saturated carbocycles. The molecule has 1 rings (SSSR count). The van der Waals surface area contributed by atoms with E-state index < -0.39 is 18.3 Å². The molecule has 0 saturated heterocycles. The maximum Gasteiger partial charge on any atom is 0.488 e. The van der Waals surface area contributed by atoms with Gasteiger partial charge in [0.1, 0.15) is 0 Å². The highest BCUT2D eigenvalue weighted by Crippen LogP contribution is 2.21. The number of aromatic amines is 1. The van der Waals surface area contributed by atoms with Crippen LogP contribution in [-0.4, -0.2) is 27.4 Å². The third-order valence-corrected chi connectivity index (χ3v) is 2.56. The molecule has 0 amide bonds. The molecular weight excluding hydrogens is 218 g/mol. The van der Waals surface area contributed by atoms with Crippen LogP contribution in [0.25, 0.3) is 0 Å². The standard InChI is InChI=1S/C5H8BF3N3OS/c1-2-12-4(13)10-11-5(12)14-3-6(7,8)9/h2-3H2,1H3,(H,10,13)/q-1. The summed E-state index contributed by atoms with van der Waals surface area (Å²) in [7, 11) is 0. The number of hydrogen-bond acceptors (Lipinski definition) is 3. The minimum Gasteiger partial charge on any atom is -0.448 e. The van der Waals surface area contributed by atoms with Crippen molar-refractivity contribution >= 4 is 18.7 Å². The minimum atomic E-state index is -4.85. The average Bonchev–Trinajstić information content (AvgIpc) is 2.41. The van der Waals surface area contributed by atoms with Gasteiger partial charge in [0.05, 0.1) is 0 Å². The maximum atomic E-state index is 11.9. The predicted molar refractivity (Wildman–Crippen MR) is 48.3 cm³/mol. The molecule has 0 aliphatic heterocycles. The van der Waals surface area contributed by atoms with Gasteiger partial charge in [0.25, 0.3) is 0 Å². The van der Waals surface area contributed by atoms with Gasteiger partial charge in [0.15, 0.2) is 5.16 Å². The van der Waals surface area contributed by atoms with E-state index in [4.69, 9.17) is 0 Å². The van der Waals surface area contributed by atoms with Crippen LogP contribution in [0.5, 0.6) is 0 Å². The first-order valence-corrected chi connectivity index (χ1v) is 4.91. The lowest BCUT2D eigenvalue weighted by Crippen LogP contribution is -2.21. The van der Waals surface area contributed by atoms with E-state index in [1.807, 2.05) is 0 Å². The highest BCUT2D eigenvalue weighted by atomic mass is 32.2. The molecule has 0 aliphatic carbocycles. The van der Waals surface area contributed by atoms with Crippen molar-refractivity contribution in [1.82, 2.24) is 14.8 Å². The van der Waals surface area contributed by atoms with Crippen molar-refractivity contribution in [3.05, 3.63) is 10.5 Å². The smallest absolute Gasteiger partial charge is 0.448 e. The van der Waals surface area contributed by atoms with Crippen molar-refractivity contribution in [3.63, 3.8) is 0 Å². The summed E-state index contributed by atoms with van der Waals surface area (Å²) in [5, 5.41) is 5.67. The Morgan fingerprint density at radius 3 is 2.71 bits per heavy atom. The summed E-state index contributed by atoms with van der Waals surface area (Å²) >= 11 is 0.523. The van der Waals surface area contributed by atoms with E-state index >= 15 is 0 Å². The molecule has 14 heavy (non-hydrogen) atoms. The quantitative estimate of drug-likeness (QED) is 0.617. The Hall–Kier alpha value is -0.855. The molecule has 1 heterocycles. The van der Waals surface area contributed by atoms with Gasteiger partial charge in [0.2, 0.25) is 0 Å². The third kappa shape index (κ3) is 2.83. The van der Waals surface area contributed by atoms with E-state index in [-0.39, 0.29) is 5.16 Å². The third-order valence-electron chi connectivity index (χ3n) is 1.44. The second-order valence-electron chi connectivity index (χ2n) is 2.58. The number of nitrogens with zero attached hydrogens (tertiary/aromatic N) is 2. The van der Waals surface area contributed by atoms with Crippen LogP contribution in [0.3, 0.4) is 0 Å². The van der Waals surface area contributed by atoms with Gasteiger partial charge in [-0.05, 0) is 12.6 Å². The summed E-state index contributed by atoms with van der Waals surface area (Å²) in [6, 6.07) is 0. The fraction of sp³-hybridized carbons (Fsp3) is 0.600. The number of rotatable bonds is 4. The minimum absolute atomic E-state index is 0.0803. The molecule has 0 unspecified atom stereocenters. The Balaban J connectivity index is 2.72. The maximum absolute atomic E-state index is 11.9. The zero-order chi connectivity index (χ0) is 10.8. The number of H-pyrrole nitrogens is 1. The van der Waals surface area contributed by atoms with Crippen LogP contribution < -0.4 is 5.69 Å². The molecule has 0 aromatic carbocycles. The van der Waals surface area contributed by atoms with Gasteiger partial charge in [-0.1, -0.05) is 0 Å². The lowest BCUT2D eigenvalue weighted by atomic mass is 9.98. The molecule has 1 N–H and O–H groups in total. The predicted octanol–water partition coefficient (Wildman–Crippen LogP) is 1.07. The molecule has 0 radical (unpaired) electrons.